The number of aromatic carboxylic acids is 1. The Morgan fingerprint density at radius 2 is 2.21 bits per heavy atom. The van der Waals surface area contributed by atoms with Gasteiger partial charge in [0, 0.05) is 12.7 Å². The van der Waals surface area contributed by atoms with Gasteiger partial charge in [-0.3, -0.25) is 0 Å². The third-order valence-electron chi connectivity index (χ3n) is 2.98. The summed E-state index contributed by atoms with van der Waals surface area (Å²) < 4.78 is 1.85. The van der Waals surface area contributed by atoms with E-state index in [9.17, 15) is 4.79 Å². The van der Waals surface area contributed by atoms with Gasteiger partial charge in [0.1, 0.15) is 6.33 Å². The van der Waals surface area contributed by atoms with Crippen LogP contribution in [0.5, 0.6) is 0 Å². The highest BCUT2D eigenvalue weighted by Gasteiger charge is 2.13. The van der Waals surface area contributed by atoms with Crippen LogP contribution in [0.15, 0.2) is 24.5 Å². The summed E-state index contributed by atoms with van der Waals surface area (Å²) in [6, 6.07) is 4.99. The highest BCUT2D eigenvalue weighted by molar-refractivity contribution is 5.88. The lowest BCUT2D eigenvalue weighted by Gasteiger charge is -2.16. The van der Waals surface area contributed by atoms with Gasteiger partial charge in [-0.15, -0.1) is 10.2 Å². The molecule has 0 fully saturated rings. The number of carboxylic acid groups (broad SMARTS) is 1. The molecule has 6 nitrogen and oxygen atoms in total. The van der Waals surface area contributed by atoms with Crippen LogP contribution < -0.4 is 5.32 Å². The first-order valence-corrected chi connectivity index (χ1v) is 5.93. The lowest BCUT2D eigenvalue weighted by Crippen LogP contribution is -2.13. The van der Waals surface area contributed by atoms with Gasteiger partial charge in [-0.1, -0.05) is 0 Å². The molecule has 100 valence electrons. The number of carboxylic acids is 1. The van der Waals surface area contributed by atoms with E-state index >= 15 is 0 Å². The number of anilines is 1. The number of carbonyl (C=O) groups is 1. The predicted octanol–water partition coefficient (Wildman–Crippen LogP) is 1.99. The smallest absolute Gasteiger partial charge is 0.335 e. The van der Waals surface area contributed by atoms with E-state index in [1.165, 1.54) is 0 Å². The van der Waals surface area contributed by atoms with Crippen LogP contribution in [0.25, 0.3) is 0 Å². The van der Waals surface area contributed by atoms with Crippen LogP contribution in [0, 0.1) is 6.92 Å². The van der Waals surface area contributed by atoms with E-state index in [0.29, 0.717) is 0 Å². The van der Waals surface area contributed by atoms with Gasteiger partial charge in [-0.05, 0) is 37.6 Å². The average Bonchev–Trinajstić information content (AvgIpc) is 2.77. The second-order valence-electron chi connectivity index (χ2n) is 4.50. The van der Waals surface area contributed by atoms with Gasteiger partial charge in [0.25, 0.3) is 0 Å². The third-order valence-corrected chi connectivity index (χ3v) is 2.98. The molecule has 0 radical (unpaired) electrons. The SMILES string of the molecule is Cc1cc(C(=O)O)ccc1NC(C)c1nncn1C. The van der Waals surface area contributed by atoms with Crippen LogP contribution in [0.2, 0.25) is 0 Å². The molecule has 1 atom stereocenters. The number of nitrogens with one attached hydrogen (secondary N) is 1. The maximum atomic E-state index is 10.9. The minimum Gasteiger partial charge on any atom is -0.478 e. The Balaban J connectivity index is 2.20. The normalized spacial score (nSPS) is 12.2. The Morgan fingerprint density at radius 1 is 1.47 bits per heavy atom. The van der Waals surface area contributed by atoms with Gasteiger partial charge < -0.3 is 15.0 Å². The molecule has 0 spiro atoms. The topological polar surface area (TPSA) is 80.0 Å². The van der Waals surface area contributed by atoms with Crippen LogP contribution in [-0.2, 0) is 7.05 Å². The average molecular weight is 260 g/mol. The molecule has 2 N–H and O–H groups in total. The molecule has 0 saturated carbocycles. The predicted molar refractivity (Wildman–Crippen MR) is 71.2 cm³/mol. The summed E-state index contributed by atoms with van der Waals surface area (Å²) in [5, 5.41) is 20.1. The number of nitrogens with zero attached hydrogens (tertiary/aromatic N) is 3. The van der Waals surface area contributed by atoms with Crippen LogP contribution in [-0.4, -0.2) is 25.8 Å². The summed E-state index contributed by atoms with van der Waals surface area (Å²) >= 11 is 0. The first kappa shape index (κ1) is 13.1. The van der Waals surface area contributed by atoms with E-state index in [1.54, 1.807) is 24.5 Å². The van der Waals surface area contributed by atoms with Gasteiger partial charge >= 0.3 is 5.97 Å². The standard InChI is InChI=1S/C13H16N4O2/c1-8-6-10(13(18)19)4-5-11(8)15-9(2)12-16-14-7-17(12)3/h4-7,9,15H,1-3H3,(H,18,19). The molecule has 0 aliphatic heterocycles. The van der Waals surface area contributed by atoms with Gasteiger partial charge in [0.05, 0.1) is 11.6 Å². The molecule has 0 aliphatic carbocycles. The van der Waals surface area contributed by atoms with Crippen molar-refractivity contribution in [3.05, 3.63) is 41.5 Å². The van der Waals surface area contributed by atoms with Gasteiger partial charge in [-0.2, -0.15) is 0 Å². The minimum absolute atomic E-state index is 0.0121. The quantitative estimate of drug-likeness (QED) is 0.878. The maximum Gasteiger partial charge on any atom is 0.335 e. The highest BCUT2D eigenvalue weighted by atomic mass is 16.4. The maximum absolute atomic E-state index is 10.9. The van der Waals surface area contributed by atoms with E-state index in [4.69, 9.17) is 5.11 Å². The number of hydrogen-bond acceptors (Lipinski definition) is 4. The zero-order valence-corrected chi connectivity index (χ0v) is 11.1. The van der Waals surface area contributed by atoms with E-state index in [0.717, 1.165) is 17.1 Å². The molecule has 0 aliphatic rings. The lowest BCUT2D eigenvalue weighted by atomic mass is 10.1. The molecule has 19 heavy (non-hydrogen) atoms. The second-order valence-corrected chi connectivity index (χ2v) is 4.50. The molecule has 0 amide bonds. The molecular weight excluding hydrogens is 244 g/mol. The van der Waals surface area contributed by atoms with Gasteiger partial charge in [-0.25, -0.2) is 4.79 Å². The Bertz CT molecular complexity index is 606. The van der Waals surface area contributed by atoms with Crippen molar-refractivity contribution in [2.24, 2.45) is 7.05 Å². The summed E-state index contributed by atoms with van der Waals surface area (Å²) in [5.74, 6) is -0.0993. The summed E-state index contributed by atoms with van der Waals surface area (Å²) in [6.07, 6.45) is 1.65. The van der Waals surface area contributed by atoms with Crippen LogP contribution in [0.1, 0.15) is 34.7 Å². The van der Waals surface area contributed by atoms with Crippen molar-refractivity contribution < 1.29 is 9.90 Å². The van der Waals surface area contributed by atoms with Gasteiger partial charge in [0.2, 0.25) is 0 Å². The van der Waals surface area contributed by atoms with E-state index in [2.05, 4.69) is 15.5 Å². The number of rotatable bonds is 4. The van der Waals surface area contributed by atoms with Gasteiger partial charge in [0.15, 0.2) is 5.82 Å². The van der Waals surface area contributed by atoms with Crippen LogP contribution in [0.4, 0.5) is 5.69 Å². The lowest BCUT2D eigenvalue weighted by molar-refractivity contribution is 0.0697. The van der Waals surface area contributed by atoms with Crippen molar-refractivity contribution in [2.45, 2.75) is 19.9 Å². The zero-order valence-electron chi connectivity index (χ0n) is 11.1. The molecule has 2 rings (SSSR count). The summed E-state index contributed by atoms with van der Waals surface area (Å²) in [4.78, 5) is 10.9. The van der Waals surface area contributed by atoms with Crippen molar-refractivity contribution in [1.82, 2.24) is 14.8 Å². The van der Waals surface area contributed by atoms with E-state index in [1.807, 2.05) is 25.5 Å². The second kappa shape index (κ2) is 5.09. The Hall–Kier alpha value is -2.37. The van der Waals surface area contributed by atoms with Crippen molar-refractivity contribution >= 4 is 11.7 Å². The molecule has 2 aromatic rings. The highest BCUT2D eigenvalue weighted by Crippen LogP contribution is 2.21. The fraction of sp³-hybridized carbons (Fsp3) is 0.308. The molecular formula is C13H16N4O2. The summed E-state index contributed by atoms with van der Waals surface area (Å²) in [6.45, 7) is 3.85. The van der Waals surface area contributed by atoms with E-state index < -0.39 is 5.97 Å². The van der Waals surface area contributed by atoms with Crippen molar-refractivity contribution in [1.29, 1.82) is 0 Å². The fourth-order valence-electron chi connectivity index (χ4n) is 1.94. The molecule has 1 aromatic heterocycles. The summed E-state index contributed by atoms with van der Waals surface area (Å²) in [7, 11) is 1.88. The molecule has 0 bridgehead atoms. The van der Waals surface area contributed by atoms with Crippen LogP contribution >= 0.6 is 0 Å². The third kappa shape index (κ3) is 2.73. The fourth-order valence-corrected chi connectivity index (χ4v) is 1.94. The zero-order chi connectivity index (χ0) is 14.0. The number of aromatic nitrogens is 3. The van der Waals surface area contributed by atoms with Crippen LogP contribution in [0.3, 0.4) is 0 Å². The van der Waals surface area contributed by atoms with Crippen molar-refractivity contribution in [3.63, 3.8) is 0 Å². The molecule has 0 saturated heterocycles. The minimum atomic E-state index is -0.920. The van der Waals surface area contributed by atoms with E-state index in [-0.39, 0.29) is 11.6 Å². The number of aryl methyl sites for hydroxylation is 2. The molecule has 1 unspecified atom stereocenters. The van der Waals surface area contributed by atoms with Crippen molar-refractivity contribution in [3.8, 4) is 0 Å². The molecule has 1 aromatic carbocycles. The number of benzene rings is 1. The monoisotopic (exact) mass is 260 g/mol. The first-order chi connectivity index (χ1) is 8.99. The largest absolute Gasteiger partial charge is 0.478 e. The first-order valence-electron chi connectivity index (χ1n) is 5.93. The Labute approximate surface area is 111 Å². The summed E-state index contributed by atoms with van der Waals surface area (Å²) in [5.41, 5.74) is 2.06. The molecule has 1 heterocycles. The molecule has 6 heteroatoms. The van der Waals surface area contributed by atoms with Crippen molar-refractivity contribution in [2.75, 3.05) is 5.32 Å². The number of hydrogen-bond donors (Lipinski definition) is 2. The Morgan fingerprint density at radius 3 is 2.74 bits per heavy atom. The Kier molecular flexibility index (Phi) is 3.50.